The number of H-pyrrole nitrogens is 1. The Morgan fingerprint density at radius 2 is 2.04 bits per heavy atom. The van der Waals surface area contributed by atoms with Crippen LogP contribution in [0.25, 0.3) is 0 Å². The number of hydrogen-bond acceptors (Lipinski definition) is 7. The van der Waals surface area contributed by atoms with Gasteiger partial charge in [-0.25, -0.2) is 9.67 Å². The number of tetrazole rings is 1. The predicted molar refractivity (Wildman–Crippen MR) is 96.5 cm³/mol. The summed E-state index contributed by atoms with van der Waals surface area (Å²) in [4.78, 5) is 37.3. The topological polar surface area (TPSA) is 139 Å². The van der Waals surface area contributed by atoms with E-state index in [1.54, 1.807) is 11.2 Å². The zero-order chi connectivity index (χ0) is 19.3. The molecule has 11 nitrogen and oxygen atoms in total. The summed E-state index contributed by atoms with van der Waals surface area (Å²) in [6, 6.07) is 0. The van der Waals surface area contributed by atoms with Crippen molar-refractivity contribution in [2.24, 2.45) is 5.92 Å². The highest BCUT2D eigenvalue weighted by molar-refractivity contribution is 5.82. The number of imidazole rings is 1. The number of aromatic nitrogens is 6. The Morgan fingerprint density at radius 1 is 1.25 bits per heavy atom. The van der Waals surface area contributed by atoms with E-state index < -0.39 is 5.54 Å². The molecule has 2 fully saturated rings. The maximum atomic E-state index is 13.0. The number of amides is 2. The van der Waals surface area contributed by atoms with E-state index >= 15 is 0 Å². The van der Waals surface area contributed by atoms with E-state index in [0.29, 0.717) is 32.5 Å². The van der Waals surface area contributed by atoms with Crippen molar-refractivity contribution in [2.75, 3.05) is 25.4 Å². The molecule has 5 rings (SSSR count). The van der Waals surface area contributed by atoms with E-state index in [1.165, 1.54) is 4.68 Å². The largest absolute Gasteiger partial charge is 0.367 e. The number of likely N-dealkylation sites (tertiary alicyclic amines) is 1. The first-order chi connectivity index (χ1) is 13.6. The van der Waals surface area contributed by atoms with Gasteiger partial charge in [-0.2, -0.15) is 0 Å². The standard InChI is InChI=1S/C17H23N9O2/c18-16-21-22-23-26(16)9-13(27)24-7-4-17(5-8-24)14-12(19-10-20-14)3-6-25(17)15(28)11-1-2-11/h10-11H,1-9H2,(H,19,20)(H2,18,21,23). The first kappa shape index (κ1) is 17.1. The van der Waals surface area contributed by atoms with E-state index in [0.717, 1.165) is 30.7 Å². The highest BCUT2D eigenvalue weighted by Gasteiger charge is 2.51. The van der Waals surface area contributed by atoms with Crippen LogP contribution in [0.2, 0.25) is 0 Å². The quantitative estimate of drug-likeness (QED) is 0.711. The second-order valence-corrected chi connectivity index (χ2v) is 7.85. The number of hydrogen-bond donors (Lipinski definition) is 2. The van der Waals surface area contributed by atoms with Gasteiger partial charge in [0, 0.05) is 37.7 Å². The summed E-state index contributed by atoms with van der Waals surface area (Å²) < 4.78 is 1.29. The molecule has 0 unspecified atom stereocenters. The van der Waals surface area contributed by atoms with E-state index in [2.05, 4.69) is 30.4 Å². The molecule has 2 amide bonds. The number of nitrogens with two attached hydrogens (primary N) is 1. The molecule has 0 atom stereocenters. The summed E-state index contributed by atoms with van der Waals surface area (Å²) in [5.74, 6) is 0.457. The number of carbonyl (C=O) groups is 2. The summed E-state index contributed by atoms with van der Waals surface area (Å²) in [7, 11) is 0. The molecule has 0 bridgehead atoms. The molecule has 1 saturated carbocycles. The Kier molecular flexibility index (Phi) is 3.84. The normalized spacial score (nSPS) is 21.0. The second kappa shape index (κ2) is 6.28. The second-order valence-electron chi connectivity index (χ2n) is 7.85. The monoisotopic (exact) mass is 385 g/mol. The zero-order valence-electron chi connectivity index (χ0n) is 15.5. The number of carbonyl (C=O) groups excluding carboxylic acids is 2. The highest BCUT2D eigenvalue weighted by Crippen LogP contribution is 2.45. The van der Waals surface area contributed by atoms with Crippen LogP contribution >= 0.6 is 0 Å². The molecule has 11 heteroatoms. The van der Waals surface area contributed by atoms with Gasteiger partial charge < -0.3 is 20.5 Å². The molecule has 28 heavy (non-hydrogen) atoms. The van der Waals surface area contributed by atoms with Gasteiger partial charge in [-0.15, -0.1) is 0 Å². The molecule has 2 aromatic heterocycles. The number of rotatable bonds is 3. The van der Waals surface area contributed by atoms with Crippen LogP contribution in [0.5, 0.6) is 0 Å². The molecule has 3 N–H and O–H groups in total. The number of fused-ring (bicyclic) bond motifs is 2. The number of nitrogens with one attached hydrogen (secondary N) is 1. The lowest BCUT2D eigenvalue weighted by molar-refractivity contribution is -0.145. The summed E-state index contributed by atoms with van der Waals surface area (Å²) in [5.41, 5.74) is 7.33. The maximum absolute atomic E-state index is 13.0. The van der Waals surface area contributed by atoms with Crippen molar-refractivity contribution in [1.82, 2.24) is 40.0 Å². The predicted octanol–water partition coefficient (Wildman–Crippen LogP) is -0.709. The Balaban J connectivity index is 1.36. The van der Waals surface area contributed by atoms with E-state index in [4.69, 9.17) is 5.73 Å². The van der Waals surface area contributed by atoms with Gasteiger partial charge in [-0.05, 0) is 36.1 Å². The third-order valence-electron chi connectivity index (χ3n) is 6.24. The Labute approximate surface area is 161 Å². The lowest BCUT2D eigenvalue weighted by Gasteiger charge is -2.50. The van der Waals surface area contributed by atoms with Crippen LogP contribution in [-0.4, -0.2) is 71.4 Å². The fourth-order valence-corrected chi connectivity index (χ4v) is 4.53. The van der Waals surface area contributed by atoms with E-state index in [9.17, 15) is 9.59 Å². The molecule has 3 aliphatic rings. The van der Waals surface area contributed by atoms with Crippen LogP contribution in [0.4, 0.5) is 5.95 Å². The summed E-state index contributed by atoms with van der Waals surface area (Å²) >= 11 is 0. The Bertz CT molecular complexity index is 907. The third-order valence-corrected chi connectivity index (χ3v) is 6.24. The van der Waals surface area contributed by atoms with Gasteiger partial charge in [-0.3, -0.25) is 9.59 Å². The Morgan fingerprint density at radius 3 is 2.71 bits per heavy atom. The van der Waals surface area contributed by atoms with Crippen LogP contribution in [0.3, 0.4) is 0 Å². The Hall–Kier alpha value is -2.98. The van der Waals surface area contributed by atoms with Gasteiger partial charge in [0.15, 0.2) is 0 Å². The van der Waals surface area contributed by atoms with E-state index in [1.807, 2.05) is 0 Å². The minimum atomic E-state index is -0.419. The molecule has 0 radical (unpaired) electrons. The van der Waals surface area contributed by atoms with Crippen molar-refractivity contribution in [1.29, 1.82) is 0 Å². The smallest absolute Gasteiger partial charge is 0.244 e. The molecule has 2 aliphatic heterocycles. The summed E-state index contributed by atoms with van der Waals surface area (Å²) in [5, 5.41) is 10.8. The van der Waals surface area contributed by atoms with E-state index in [-0.39, 0.29) is 30.2 Å². The van der Waals surface area contributed by atoms with Gasteiger partial charge >= 0.3 is 0 Å². The lowest BCUT2D eigenvalue weighted by Crippen LogP contribution is -2.59. The molecule has 4 heterocycles. The highest BCUT2D eigenvalue weighted by atomic mass is 16.2. The number of piperidine rings is 1. The average molecular weight is 385 g/mol. The van der Waals surface area contributed by atoms with Crippen molar-refractivity contribution >= 4 is 17.8 Å². The number of nitrogen functional groups attached to an aromatic ring is 1. The lowest BCUT2D eigenvalue weighted by atomic mass is 9.78. The van der Waals surface area contributed by atoms with Crippen molar-refractivity contribution in [3.63, 3.8) is 0 Å². The van der Waals surface area contributed by atoms with Crippen LogP contribution in [0.1, 0.15) is 37.1 Å². The van der Waals surface area contributed by atoms with Crippen molar-refractivity contribution < 1.29 is 9.59 Å². The van der Waals surface area contributed by atoms with Gasteiger partial charge in [0.25, 0.3) is 0 Å². The fraction of sp³-hybridized carbons (Fsp3) is 0.647. The number of anilines is 1. The average Bonchev–Trinajstić information content (AvgIpc) is 3.31. The molecule has 2 aromatic rings. The van der Waals surface area contributed by atoms with Crippen LogP contribution < -0.4 is 5.73 Å². The van der Waals surface area contributed by atoms with Gasteiger partial charge in [0.1, 0.15) is 6.54 Å². The summed E-state index contributed by atoms with van der Waals surface area (Å²) in [6.07, 6.45) is 5.85. The minimum Gasteiger partial charge on any atom is -0.367 e. The zero-order valence-corrected chi connectivity index (χ0v) is 15.5. The maximum Gasteiger partial charge on any atom is 0.244 e. The van der Waals surface area contributed by atoms with Crippen LogP contribution in [0, 0.1) is 5.92 Å². The SMILES string of the molecule is Nc1nnnn1CC(=O)N1CCC2(CC1)c1nc[nH]c1CCN2C(=O)C1CC1. The summed E-state index contributed by atoms with van der Waals surface area (Å²) in [6.45, 7) is 1.84. The molecular weight excluding hydrogens is 362 g/mol. The van der Waals surface area contributed by atoms with Crippen LogP contribution in [-0.2, 0) is 28.1 Å². The number of aromatic amines is 1. The van der Waals surface area contributed by atoms with Crippen molar-refractivity contribution in [3.8, 4) is 0 Å². The fourth-order valence-electron chi connectivity index (χ4n) is 4.53. The third kappa shape index (κ3) is 2.64. The molecule has 0 aromatic carbocycles. The molecule has 1 saturated heterocycles. The molecular formula is C17H23N9O2. The van der Waals surface area contributed by atoms with Gasteiger partial charge in [-0.1, -0.05) is 5.10 Å². The number of nitrogens with zero attached hydrogens (tertiary/aromatic N) is 7. The van der Waals surface area contributed by atoms with Crippen LogP contribution in [0.15, 0.2) is 6.33 Å². The van der Waals surface area contributed by atoms with Crippen molar-refractivity contribution in [2.45, 2.75) is 44.2 Å². The van der Waals surface area contributed by atoms with Gasteiger partial charge in [0.05, 0.1) is 17.6 Å². The molecule has 1 spiro atoms. The first-order valence-electron chi connectivity index (χ1n) is 9.72. The minimum absolute atomic E-state index is 0.0181. The molecule has 1 aliphatic carbocycles. The van der Waals surface area contributed by atoms with Crippen molar-refractivity contribution in [3.05, 3.63) is 17.7 Å². The first-order valence-corrected chi connectivity index (χ1v) is 9.72. The molecule has 148 valence electrons. The van der Waals surface area contributed by atoms with Gasteiger partial charge in [0.2, 0.25) is 17.8 Å².